The molecule has 1 amide bonds. The van der Waals surface area contributed by atoms with Crippen molar-refractivity contribution in [1.29, 1.82) is 0 Å². The Hall–Kier alpha value is -1.55. The van der Waals surface area contributed by atoms with Crippen LogP contribution in [-0.2, 0) is 0 Å². The Kier molecular flexibility index (Phi) is 3.64. The van der Waals surface area contributed by atoms with Gasteiger partial charge in [0, 0.05) is 18.2 Å². The van der Waals surface area contributed by atoms with Gasteiger partial charge in [0.1, 0.15) is 5.75 Å². The molecule has 1 saturated heterocycles. The van der Waals surface area contributed by atoms with E-state index in [1.807, 2.05) is 12.1 Å². The lowest BCUT2D eigenvalue weighted by molar-refractivity contribution is 0.0938. The summed E-state index contributed by atoms with van der Waals surface area (Å²) in [6.07, 6.45) is 1.02. The number of hydrogen-bond donors (Lipinski definition) is 1. The van der Waals surface area contributed by atoms with Crippen LogP contribution in [0.25, 0.3) is 0 Å². The number of benzene rings is 1. The van der Waals surface area contributed by atoms with Gasteiger partial charge in [0.05, 0.1) is 7.11 Å². The van der Waals surface area contributed by atoms with Crippen LogP contribution in [0.15, 0.2) is 24.3 Å². The van der Waals surface area contributed by atoms with Crippen molar-refractivity contribution in [3.63, 3.8) is 0 Å². The zero-order chi connectivity index (χ0) is 12.3. The number of likely N-dealkylation sites (N-methyl/N-ethyl adjacent to an activating group) is 1. The number of carbonyl (C=O) groups is 1. The fourth-order valence-electron chi connectivity index (χ4n) is 2.09. The fourth-order valence-corrected chi connectivity index (χ4v) is 2.09. The number of methoxy groups -OCH3 is 1. The van der Waals surface area contributed by atoms with E-state index < -0.39 is 0 Å². The molecule has 0 saturated carbocycles. The molecular weight excluding hydrogens is 216 g/mol. The Morgan fingerprint density at radius 1 is 1.53 bits per heavy atom. The molecule has 1 aliphatic heterocycles. The van der Waals surface area contributed by atoms with E-state index in [2.05, 4.69) is 17.3 Å². The van der Waals surface area contributed by atoms with Gasteiger partial charge in [0.25, 0.3) is 5.91 Å². The van der Waals surface area contributed by atoms with Gasteiger partial charge >= 0.3 is 0 Å². The van der Waals surface area contributed by atoms with E-state index in [4.69, 9.17) is 4.74 Å². The quantitative estimate of drug-likeness (QED) is 0.852. The van der Waals surface area contributed by atoms with Gasteiger partial charge in [-0.1, -0.05) is 6.07 Å². The van der Waals surface area contributed by atoms with E-state index in [9.17, 15) is 4.79 Å². The molecule has 1 heterocycles. The van der Waals surface area contributed by atoms with Crippen LogP contribution in [0.5, 0.6) is 5.75 Å². The summed E-state index contributed by atoms with van der Waals surface area (Å²) in [5, 5.41) is 3.04. The van der Waals surface area contributed by atoms with Crippen molar-refractivity contribution >= 4 is 5.91 Å². The third kappa shape index (κ3) is 2.97. The van der Waals surface area contributed by atoms with E-state index in [-0.39, 0.29) is 11.9 Å². The first-order chi connectivity index (χ1) is 8.19. The lowest BCUT2D eigenvalue weighted by atomic mass is 10.2. The first kappa shape index (κ1) is 11.9. The number of hydrogen-bond acceptors (Lipinski definition) is 3. The highest BCUT2D eigenvalue weighted by Gasteiger charge is 2.21. The summed E-state index contributed by atoms with van der Waals surface area (Å²) in [7, 11) is 3.67. The Morgan fingerprint density at radius 3 is 3.00 bits per heavy atom. The number of amides is 1. The van der Waals surface area contributed by atoms with Crippen LogP contribution in [0.2, 0.25) is 0 Å². The largest absolute Gasteiger partial charge is 0.497 e. The summed E-state index contributed by atoms with van der Waals surface area (Å²) >= 11 is 0. The maximum Gasteiger partial charge on any atom is 0.251 e. The second-order valence-corrected chi connectivity index (χ2v) is 4.45. The van der Waals surface area contributed by atoms with Crippen LogP contribution >= 0.6 is 0 Å². The maximum atomic E-state index is 12.0. The Morgan fingerprint density at radius 2 is 2.35 bits per heavy atom. The number of rotatable bonds is 3. The highest BCUT2D eigenvalue weighted by molar-refractivity contribution is 5.94. The molecule has 0 aromatic heterocycles. The molecule has 1 N–H and O–H groups in total. The summed E-state index contributed by atoms with van der Waals surface area (Å²) in [6, 6.07) is 7.48. The van der Waals surface area contributed by atoms with E-state index in [0.717, 1.165) is 19.5 Å². The molecule has 0 bridgehead atoms. The maximum absolute atomic E-state index is 12.0. The van der Waals surface area contributed by atoms with Gasteiger partial charge in [-0.15, -0.1) is 0 Å². The monoisotopic (exact) mass is 234 g/mol. The molecule has 0 aliphatic carbocycles. The third-order valence-corrected chi connectivity index (χ3v) is 3.06. The Labute approximate surface area is 102 Å². The first-order valence-corrected chi connectivity index (χ1v) is 5.82. The average molecular weight is 234 g/mol. The molecule has 0 radical (unpaired) electrons. The topological polar surface area (TPSA) is 41.6 Å². The highest BCUT2D eigenvalue weighted by Crippen LogP contribution is 2.13. The number of nitrogens with one attached hydrogen (secondary N) is 1. The lowest BCUT2D eigenvalue weighted by Gasteiger charge is -2.13. The van der Waals surface area contributed by atoms with E-state index in [0.29, 0.717) is 11.3 Å². The van der Waals surface area contributed by atoms with Gasteiger partial charge in [-0.2, -0.15) is 0 Å². The summed E-state index contributed by atoms with van der Waals surface area (Å²) in [5.41, 5.74) is 0.652. The standard InChI is InChI=1S/C13H18N2O2/c1-15-7-6-11(9-15)14-13(16)10-4-3-5-12(8-10)17-2/h3-5,8,11H,6-7,9H2,1-2H3,(H,14,16). The lowest BCUT2D eigenvalue weighted by Crippen LogP contribution is -2.36. The van der Waals surface area contributed by atoms with Crippen molar-refractivity contribution in [3.8, 4) is 5.75 Å². The number of likely N-dealkylation sites (tertiary alicyclic amines) is 1. The van der Waals surface area contributed by atoms with Crippen molar-refractivity contribution in [3.05, 3.63) is 29.8 Å². The molecule has 92 valence electrons. The molecule has 2 rings (SSSR count). The van der Waals surface area contributed by atoms with Crippen molar-refractivity contribution in [2.45, 2.75) is 12.5 Å². The Bertz CT molecular complexity index is 406. The van der Waals surface area contributed by atoms with Crippen molar-refractivity contribution in [1.82, 2.24) is 10.2 Å². The van der Waals surface area contributed by atoms with Crippen LogP contribution in [0.1, 0.15) is 16.8 Å². The summed E-state index contributed by atoms with van der Waals surface area (Å²) < 4.78 is 5.10. The van der Waals surface area contributed by atoms with E-state index >= 15 is 0 Å². The minimum Gasteiger partial charge on any atom is -0.497 e. The predicted molar refractivity (Wildman–Crippen MR) is 66.4 cm³/mol. The molecule has 1 aromatic carbocycles. The van der Waals surface area contributed by atoms with Gasteiger partial charge in [-0.05, 0) is 38.2 Å². The zero-order valence-electron chi connectivity index (χ0n) is 10.3. The van der Waals surface area contributed by atoms with Crippen LogP contribution in [-0.4, -0.2) is 44.1 Å². The number of carbonyl (C=O) groups excluding carboxylic acids is 1. The molecule has 0 spiro atoms. The van der Waals surface area contributed by atoms with Gasteiger partial charge in [0.2, 0.25) is 0 Å². The second kappa shape index (κ2) is 5.19. The Balaban J connectivity index is 1.99. The number of nitrogens with zero attached hydrogens (tertiary/aromatic N) is 1. The smallest absolute Gasteiger partial charge is 0.251 e. The van der Waals surface area contributed by atoms with Gasteiger partial charge < -0.3 is 15.0 Å². The molecule has 4 nitrogen and oxygen atoms in total. The van der Waals surface area contributed by atoms with Crippen LogP contribution in [0, 0.1) is 0 Å². The van der Waals surface area contributed by atoms with Crippen LogP contribution in [0.3, 0.4) is 0 Å². The molecule has 1 unspecified atom stereocenters. The third-order valence-electron chi connectivity index (χ3n) is 3.06. The molecule has 1 atom stereocenters. The summed E-state index contributed by atoms with van der Waals surface area (Å²) in [4.78, 5) is 14.2. The molecule has 4 heteroatoms. The summed E-state index contributed by atoms with van der Waals surface area (Å²) in [6.45, 7) is 1.97. The number of ether oxygens (including phenoxy) is 1. The normalized spacial score (nSPS) is 20.2. The zero-order valence-corrected chi connectivity index (χ0v) is 10.3. The fraction of sp³-hybridized carbons (Fsp3) is 0.462. The van der Waals surface area contributed by atoms with Crippen LogP contribution in [0.4, 0.5) is 0 Å². The first-order valence-electron chi connectivity index (χ1n) is 5.82. The predicted octanol–water partition coefficient (Wildman–Crippen LogP) is 1.13. The molecular formula is C13H18N2O2. The minimum absolute atomic E-state index is 0.0239. The van der Waals surface area contributed by atoms with E-state index in [1.54, 1.807) is 19.2 Å². The SMILES string of the molecule is COc1cccc(C(=O)NC2CCN(C)C2)c1. The van der Waals surface area contributed by atoms with E-state index in [1.165, 1.54) is 0 Å². The van der Waals surface area contributed by atoms with Gasteiger partial charge in [-0.3, -0.25) is 4.79 Å². The molecule has 1 fully saturated rings. The second-order valence-electron chi connectivity index (χ2n) is 4.45. The molecule has 17 heavy (non-hydrogen) atoms. The van der Waals surface area contributed by atoms with Crippen LogP contribution < -0.4 is 10.1 Å². The minimum atomic E-state index is -0.0239. The molecule has 1 aliphatic rings. The van der Waals surface area contributed by atoms with Gasteiger partial charge in [-0.25, -0.2) is 0 Å². The molecule has 1 aromatic rings. The van der Waals surface area contributed by atoms with Crippen molar-refractivity contribution < 1.29 is 9.53 Å². The van der Waals surface area contributed by atoms with Gasteiger partial charge in [0.15, 0.2) is 0 Å². The highest BCUT2D eigenvalue weighted by atomic mass is 16.5. The van der Waals surface area contributed by atoms with Crippen molar-refractivity contribution in [2.24, 2.45) is 0 Å². The summed E-state index contributed by atoms with van der Waals surface area (Å²) in [5.74, 6) is 0.686. The van der Waals surface area contributed by atoms with Crippen molar-refractivity contribution in [2.75, 3.05) is 27.2 Å². The average Bonchev–Trinajstić information content (AvgIpc) is 2.75.